The van der Waals surface area contributed by atoms with Crippen LogP contribution in [0.3, 0.4) is 0 Å². The third kappa shape index (κ3) is 4.78. The zero-order chi connectivity index (χ0) is 16.2. The van der Waals surface area contributed by atoms with Crippen LogP contribution in [0, 0.1) is 5.92 Å². The van der Waals surface area contributed by atoms with E-state index in [1.54, 1.807) is 0 Å². The zero-order valence-corrected chi connectivity index (χ0v) is 12.1. The van der Waals surface area contributed by atoms with Gasteiger partial charge in [-0.1, -0.05) is 20.3 Å². The highest BCUT2D eigenvalue weighted by molar-refractivity contribution is 5.42. The maximum absolute atomic E-state index is 12.3. The summed E-state index contributed by atoms with van der Waals surface area (Å²) < 4.78 is 45.7. The summed E-state index contributed by atoms with van der Waals surface area (Å²) in [5, 5.41) is 10.1. The number of hydrogen-bond acceptors (Lipinski definition) is 4. The highest BCUT2D eigenvalue weighted by Crippen LogP contribution is 2.34. The summed E-state index contributed by atoms with van der Waals surface area (Å²) in [7, 11) is 1.38. The standard InChI is InChI=1S/C14H20F3NO3/c1-4-8(2)13(19)12(18)10-7-9(21-14(15,16)17)5-6-11(10)20-3/h5-8,12-13,19H,4,18H2,1-3H3/t8?,12-,13+/m1/s1. The van der Waals surface area contributed by atoms with Gasteiger partial charge in [-0.25, -0.2) is 0 Å². The average Bonchev–Trinajstić information content (AvgIpc) is 2.43. The first-order chi connectivity index (χ1) is 9.69. The van der Waals surface area contributed by atoms with Gasteiger partial charge in [0.05, 0.1) is 19.3 Å². The van der Waals surface area contributed by atoms with Crippen LogP contribution in [0.5, 0.6) is 11.5 Å². The molecular formula is C14H20F3NO3. The van der Waals surface area contributed by atoms with Crippen LogP contribution in [0.4, 0.5) is 13.2 Å². The van der Waals surface area contributed by atoms with Gasteiger partial charge in [0.15, 0.2) is 0 Å². The molecule has 1 unspecified atom stereocenters. The summed E-state index contributed by atoms with van der Waals surface area (Å²) in [6.07, 6.45) is -4.99. The Morgan fingerprint density at radius 3 is 2.43 bits per heavy atom. The predicted octanol–water partition coefficient (Wildman–Crippen LogP) is 3.00. The van der Waals surface area contributed by atoms with Crippen molar-refractivity contribution < 1.29 is 27.8 Å². The second kappa shape index (κ2) is 7.00. The molecule has 0 amide bonds. The summed E-state index contributed by atoms with van der Waals surface area (Å²) in [5.41, 5.74) is 6.23. The topological polar surface area (TPSA) is 64.7 Å². The van der Waals surface area contributed by atoms with Gasteiger partial charge in [-0.2, -0.15) is 0 Å². The highest BCUT2D eigenvalue weighted by Gasteiger charge is 2.32. The van der Waals surface area contributed by atoms with Crippen LogP contribution in [-0.4, -0.2) is 24.7 Å². The molecule has 0 aliphatic rings. The smallest absolute Gasteiger partial charge is 0.496 e. The van der Waals surface area contributed by atoms with E-state index < -0.39 is 24.3 Å². The monoisotopic (exact) mass is 307 g/mol. The van der Waals surface area contributed by atoms with Crippen molar-refractivity contribution in [3.05, 3.63) is 23.8 Å². The molecule has 0 radical (unpaired) electrons. The van der Waals surface area contributed by atoms with Gasteiger partial charge in [0.25, 0.3) is 0 Å². The summed E-state index contributed by atoms with van der Waals surface area (Å²) in [6.45, 7) is 3.70. The number of rotatable bonds is 6. The molecule has 0 aromatic heterocycles. The molecule has 120 valence electrons. The lowest BCUT2D eigenvalue weighted by molar-refractivity contribution is -0.274. The fourth-order valence-electron chi connectivity index (χ4n) is 1.95. The SMILES string of the molecule is CCC(C)[C@H](O)[C@H](N)c1cc(OC(F)(F)F)ccc1OC. The third-order valence-electron chi connectivity index (χ3n) is 3.39. The van der Waals surface area contributed by atoms with Crippen molar-refractivity contribution in [1.29, 1.82) is 0 Å². The van der Waals surface area contributed by atoms with Crippen molar-refractivity contribution in [1.82, 2.24) is 0 Å². The normalized spacial score (nSPS) is 16.2. The van der Waals surface area contributed by atoms with Crippen LogP contribution < -0.4 is 15.2 Å². The summed E-state index contributed by atoms with van der Waals surface area (Å²) in [4.78, 5) is 0. The van der Waals surface area contributed by atoms with Gasteiger partial charge in [0.2, 0.25) is 0 Å². The fourth-order valence-corrected chi connectivity index (χ4v) is 1.95. The van der Waals surface area contributed by atoms with Crippen LogP contribution >= 0.6 is 0 Å². The maximum atomic E-state index is 12.3. The van der Waals surface area contributed by atoms with Crippen LogP contribution in [0.1, 0.15) is 31.9 Å². The van der Waals surface area contributed by atoms with E-state index in [4.69, 9.17) is 10.5 Å². The molecule has 0 fully saturated rings. The Bertz CT molecular complexity index is 465. The lowest BCUT2D eigenvalue weighted by Gasteiger charge is -2.26. The van der Waals surface area contributed by atoms with Gasteiger partial charge in [0, 0.05) is 5.56 Å². The molecule has 0 aliphatic heterocycles. The van der Waals surface area contributed by atoms with Crippen molar-refractivity contribution in [3.8, 4) is 11.5 Å². The number of methoxy groups -OCH3 is 1. The van der Waals surface area contributed by atoms with Crippen LogP contribution in [0.2, 0.25) is 0 Å². The number of halogens is 3. The molecule has 0 spiro atoms. The quantitative estimate of drug-likeness (QED) is 0.848. The molecule has 1 rings (SSSR count). The van der Waals surface area contributed by atoms with E-state index >= 15 is 0 Å². The molecule has 0 aliphatic carbocycles. The number of alkyl halides is 3. The molecule has 1 aromatic rings. The molecule has 4 nitrogen and oxygen atoms in total. The number of ether oxygens (including phenoxy) is 2. The second-order valence-electron chi connectivity index (χ2n) is 4.85. The van der Waals surface area contributed by atoms with E-state index in [0.29, 0.717) is 12.2 Å². The Labute approximate surface area is 121 Å². The first kappa shape index (κ1) is 17.6. The van der Waals surface area contributed by atoms with Crippen molar-refractivity contribution in [2.45, 2.75) is 38.8 Å². The lowest BCUT2D eigenvalue weighted by atomic mass is 9.91. The van der Waals surface area contributed by atoms with Crippen molar-refractivity contribution in [3.63, 3.8) is 0 Å². The number of benzene rings is 1. The van der Waals surface area contributed by atoms with Crippen LogP contribution in [0.15, 0.2) is 18.2 Å². The van der Waals surface area contributed by atoms with Gasteiger partial charge in [-0.15, -0.1) is 13.2 Å². The van der Waals surface area contributed by atoms with E-state index in [-0.39, 0.29) is 11.5 Å². The molecule has 7 heteroatoms. The van der Waals surface area contributed by atoms with Crippen LogP contribution in [0.25, 0.3) is 0 Å². The second-order valence-corrected chi connectivity index (χ2v) is 4.85. The Kier molecular flexibility index (Phi) is 5.86. The highest BCUT2D eigenvalue weighted by atomic mass is 19.4. The summed E-state index contributed by atoms with van der Waals surface area (Å²) in [5.74, 6) is -0.193. The Morgan fingerprint density at radius 1 is 1.33 bits per heavy atom. The molecule has 0 saturated carbocycles. The van der Waals surface area contributed by atoms with Gasteiger partial charge in [-0.05, 0) is 24.1 Å². The lowest BCUT2D eigenvalue weighted by Crippen LogP contribution is -2.32. The first-order valence-electron chi connectivity index (χ1n) is 6.57. The van der Waals surface area contributed by atoms with Gasteiger partial charge < -0.3 is 20.3 Å². The van der Waals surface area contributed by atoms with E-state index in [1.165, 1.54) is 13.2 Å². The molecule has 3 N–H and O–H groups in total. The molecule has 3 atom stereocenters. The predicted molar refractivity (Wildman–Crippen MR) is 72.1 cm³/mol. The minimum absolute atomic E-state index is 0.100. The molecular weight excluding hydrogens is 287 g/mol. The van der Waals surface area contributed by atoms with E-state index in [2.05, 4.69) is 4.74 Å². The van der Waals surface area contributed by atoms with Crippen LogP contribution in [-0.2, 0) is 0 Å². The molecule has 0 bridgehead atoms. The zero-order valence-electron chi connectivity index (χ0n) is 12.1. The van der Waals surface area contributed by atoms with E-state index in [0.717, 1.165) is 12.1 Å². The van der Waals surface area contributed by atoms with E-state index in [1.807, 2.05) is 13.8 Å². The number of aliphatic hydroxyl groups is 1. The molecule has 21 heavy (non-hydrogen) atoms. The van der Waals surface area contributed by atoms with Crippen molar-refractivity contribution in [2.75, 3.05) is 7.11 Å². The van der Waals surface area contributed by atoms with Gasteiger partial charge in [-0.3, -0.25) is 0 Å². The Balaban J connectivity index is 3.10. The Hall–Kier alpha value is -1.47. The maximum Gasteiger partial charge on any atom is 0.573 e. The van der Waals surface area contributed by atoms with Crippen molar-refractivity contribution in [2.24, 2.45) is 11.7 Å². The summed E-state index contributed by atoms with van der Waals surface area (Å²) >= 11 is 0. The van der Waals surface area contributed by atoms with Gasteiger partial charge in [0.1, 0.15) is 11.5 Å². The summed E-state index contributed by atoms with van der Waals surface area (Å²) in [6, 6.07) is 2.74. The number of nitrogens with two attached hydrogens (primary N) is 1. The minimum Gasteiger partial charge on any atom is -0.496 e. The third-order valence-corrected chi connectivity index (χ3v) is 3.39. The molecule has 1 aromatic carbocycles. The minimum atomic E-state index is -4.79. The molecule has 0 saturated heterocycles. The number of hydrogen-bond donors (Lipinski definition) is 2. The van der Waals surface area contributed by atoms with Crippen molar-refractivity contribution >= 4 is 0 Å². The van der Waals surface area contributed by atoms with E-state index in [9.17, 15) is 18.3 Å². The fraction of sp³-hybridized carbons (Fsp3) is 0.571. The molecule has 0 heterocycles. The first-order valence-corrected chi connectivity index (χ1v) is 6.57. The average molecular weight is 307 g/mol. The largest absolute Gasteiger partial charge is 0.573 e. The van der Waals surface area contributed by atoms with Gasteiger partial charge >= 0.3 is 6.36 Å². The number of aliphatic hydroxyl groups excluding tert-OH is 1. The Morgan fingerprint density at radius 2 is 1.95 bits per heavy atom.